The molecule has 9 heteroatoms. The van der Waals surface area contributed by atoms with Crippen molar-refractivity contribution in [2.24, 2.45) is 5.73 Å². The van der Waals surface area contributed by atoms with Crippen molar-refractivity contribution in [1.29, 1.82) is 0 Å². The highest BCUT2D eigenvalue weighted by molar-refractivity contribution is 6.04. The van der Waals surface area contributed by atoms with Crippen molar-refractivity contribution in [3.05, 3.63) is 53.6 Å². The number of carbonyl (C=O) groups is 2. The number of halogens is 1. The third-order valence-corrected chi connectivity index (χ3v) is 4.98. The van der Waals surface area contributed by atoms with Crippen LogP contribution in [0.5, 0.6) is 11.5 Å². The molecule has 2 aliphatic rings. The molecule has 2 aromatic carbocycles. The Kier molecular flexibility index (Phi) is 7.15. The van der Waals surface area contributed by atoms with Gasteiger partial charge < -0.3 is 30.6 Å². The van der Waals surface area contributed by atoms with Gasteiger partial charge in [0.25, 0.3) is 11.8 Å². The van der Waals surface area contributed by atoms with E-state index in [0.29, 0.717) is 42.3 Å². The van der Waals surface area contributed by atoms with Gasteiger partial charge in [-0.15, -0.1) is 12.4 Å². The van der Waals surface area contributed by atoms with Crippen LogP contribution in [0.1, 0.15) is 28.8 Å². The van der Waals surface area contributed by atoms with Crippen LogP contribution < -0.4 is 25.8 Å². The summed E-state index contributed by atoms with van der Waals surface area (Å²) in [6.07, 6.45) is 0.734. The number of benzene rings is 2. The van der Waals surface area contributed by atoms with E-state index >= 15 is 0 Å². The summed E-state index contributed by atoms with van der Waals surface area (Å²) < 4.78 is 16.3. The monoisotopic (exact) mass is 433 g/mol. The largest absolute Gasteiger partial charge is 0.454 e. The molecule has 0 bridgehead atoms. The molecular weight excluding hydrogens is 410 g/mol. The highest BCUT2D eigenvalue weighted by Gasteiger charge is 2.30. The average molecular weight is 434 g/mol. The van der Waals surface area contributed by atoms with Crippen molar-refractivity contribution < 1.29 is 23.8 Å². The van der Waals surface area contributed by atoms with Gasteiger partial charge in [0.05, 0.1) is 17.4 Å². The Labute approximate surface area is 180 Å². The molecular formula is C21H24ClN3O5. The molecule has 2 aromatic rings. The van der Waals surface area contributed by atoms with Gasteiger partial charge in [-0.3, -0.25) is 9.59 Å². The van der Waals surface area contributed by atoms with Crippen molar-refractivity contribution in [2.45, 2.75) is 31.6 Å². The van der Waals surface area contributed by atoms with Crippen molar-refractivity contribution in [2.75, 3.05) is 18.7 Å². The van der Waals surface area contributed by atoms with Crippen molar-refractivity contribution in [3.63, 3.8) is 0 Å². The van der Waals surface area contributed by atoms with Gasteiger partial charge in [0.1, 0.15) is 6.10 Å². The molecule has 2 heterocycles. The summed E-state index contributed by atoms with van der Waals surface area (Å²) in [6, 6.07) is 12.4. The molecule has 8 nitrogen and oxygen atoms in total. The third kappa shape index (κ3) is 4.84. The Hall–Kier alpha value is -2.81. The zero-order valence-electron chi connectivity index (χ0n) is 16.3. The molecule has 1 saturated heterocycles. The lowest BCUT2D eigenvalue weighted by Gasteiger charge is -2.15. The van der Waals surface area contributed by atoms with Gasteiger partial charge in [-0.1, -0.05) is 18.2 Å². The second-order valence-corrected chi connectivity index (χ2v) is 6.96. The second-order valence-electron chi connectivity index (χ2n) is 6.96. The fraction of sp³-hybridized carbons (Fsp3) is 0.333. The van der Waals surface area contributed by atoms with Gasteiger partial charge in [-0.2, -0.15) is 0 Å². The summed E-state index contributed by atoms with van der Waals surface area (Å²) in [7, 11) is 0. The summed E-state index contributed by atoms with van der Waals surface area (Å²) >= 11 is 0. The molecule has 4 rings (SSSR count). The first-order valence-corrected chi connectivity index (χ1v) is 9.56. The zero-order valence-corrected chi connectivity index (χ0v) is 17.1. The van der Waals surface area contributed by atoms with E-state index in [9.17, 15) is 9.59 Å². The minimum atomic E-state index is -0.548. The van der Waals surface area contributed by atoms with Crippen LogP contribution in [0, 0.1) is 0 Å². The van der Waals surface area contributed by atoms with Crippen LogP contribution in [0.4, 0.5) is 5.69 Å². The molecule has 1 fully saturated rings. The van der Waals surface area contributed by atoms with Crippen molar-refractivity contribution >= 4 is 29.9 Å². The van der Waals surface area contributed by atoms with E-state index in [2.05, 4.69) is 10.6 Å². The molecule has 2 atom stereocenters. The number of hydrogen-bond donors (Lipinski definition) is 3. The number of ether oxygens (including phenoxy) is 3. The van der Waals surface area contributed by atoms with E-state index in [-0.39, 0.29) is 37.1 Å². The Balaban J connectivity index is 0.00000256. The number of anilines is 1. The Morgan fingerprint density at radius 1 is 1.07 bits per heavy atom. The molecule has 30 heavy (non-hydrogen) atoms. The van der Waals surface area contributed by atoms with Crippen molar-refractivity contribution in [1.82, 2.24) is 5.32 Å². The quantitative estimate of drug-likeness (QED) is 0.644. The SMILES string of the molecule is Cl.NC[C@H]1CC[C@@H](C(=O)Nc2ccccc2C(=O)NCc2ccc3c(c2)OCO3)O1. The van der Waals surface area contributed by atoms with Gasteiger partial charge in [0, 0.05) is 13.1 Å². The minimum Gasteiger partial charge on any atom is -0.454 e. The summed E-state index contributed by atoms with van der Waals surface area (Å²) in [5, 5.41) is 5.68. The van der Waals surface area contributed by atoms with E-state index in [1.165, 1.54) is 0 Å². The zero-order chi connectivity index (χ0) is 20.2. The molecule has 0 unspecified atom stereocenters. The Bertz CT molecular complexity index is 923. The van der Waals surface area contributed by atoms with Gasteiger partial charge in [0.15, 0.2) is 11.5 Å². The molecule has 0 spiro atoms. The number of hydrogen-bond acceptors (Lipinski definition) is 6. The van der Waals surface area contributed by atoms with E-state index in [1.807, 2.05) is 18.2 Å². The lowest BCUT2D eigenvalue weighted by atomic mass is 10.1. The highest BCUT2D eigenvalue weighted by atomic mass is 35.5. The standard InChI is InChI=1S/C21H23N3O5.ClH/c22-10-14-6-8-18(29-14)21(26)24-16-4-2-1-3-15(16)20(25)23-11-13-5-7-17-19(9-13)28-12-27-17;/h1-5,7,9,14,18H,6,8,10-12,22H2,(H,23,25)(H,24,26);1H/t14-,18+;/m1./s1. The Morgan fingerprint density at radius 3 is 2.67 bits per heavy atom. The van der Waals surface area contributed by atoms with Crippen LogP contribution in [0.3, 0.4) is 0 Å². The van der Waals surface area contributed by atoms with Crippen LogP contribution >= 0.6 is 12.4 Å². The van der Waals surface area contributed by atoms with Crippen LogP contribution in [-0.2, 0) is 16.1 Å². The topological polar surface area (TPSA) is 112 Å². The van der Waals surface area contributed by atoms with Crippen LogP contribution in [0.25, 0.3) is 0 Å². The summed E-state index contributed by atoms with van der Waals surface area (Å²) in [5.74, 6) is 0.804. The minimum absolute atomic E-state index is 0. The normalized spacial score (nSPS) is 19.1. The summed E-state index contributed by atoms with van der Waals surface area (Å²) in [4.78, 5) is 25.2. The fourth-order valence-electron chi connectivity index (χ4n) is 3.40. The van der Waals surface area contributed by atoms with Crippen molar-refractivity contribution in [3.8, 4) is 11.5 Å². The van der Waals surface area contributed by atoms with Crippen LogP contribution in [0.2, 0.25) is 0 Å². The predicted molar refractivity (Wildman–Crippen MR) is 113 cm³/mol. The maximum absolute atomic E-state index is 12.7. The van der Waals surface area contributed by atoms with E-state index in [4.69, 9.17) is 19.9 Å². The van der Waals surface area contributed by atoms with Gasteiger partial charge in [0.2, 0.25) is 6.79 Å². The number of rotatable bonds is 6. The first-order valence-electron chi connectivity index (χ1n) is 9.56. The first-order chi connectivity index (χ1) is 14.1. The number of fused-ring (bicyclic) bond motifs is 1. The number of amides is 2. The molecule has 160 valence electrons. The molecule has 0 aliphatic carbocycles. The third-order valence-electron chi connectivity index (χ3n) is 4.98. The maximum Gasteiger partial charge on any atom is 0.253 e. The summed E-state index contributed by atoms with van der Waals surface area (Å²) in [6.45, 7) is 0.916. The fourth-order valence-corrected chi connectivity index (χ4v) is 3.40. The predicted octanol–water partition coefficient (Wildman–Crippen LogP) is 2.21. The van der Waals surface area contributed by atoms with Gasteiger partial charge >= 0.3 is 0 Å². The van der Waals surface area contributed by atoms with E-state index in [1.54, 1.807) is 24.3 Å². The second kappa shape index (κ2) is 9.80. The molecule has 0 radical (unpaired) electrons. The molecule has 0 saturated carbocycles. The van der Waals surface area contributed by atoms with Gasteiger partial charge in [-0.05, 0) is 42.7 Å². The maximum atomic E-state index is 12.7. The van der Waals surface area contributed by atoms with E-state index < -0.39 is 6.10 Å². The Morgan fingerprint density at radius 2 is 1.87 bits per heavy atom. The van der Waals surface area contributed by atoms with Gasteiger partial charge in [-0.25, -0.2) is 0 Å². The van der Waals surface area contributed by atoms with Crippen LogP contribution in [0.15, 0.2) is 42.5 Å². The lowest BCUT2D eigenvalue weighted by Crippen LogP contribution is -2.31. The molecule has 2 aliphatic heterocycles. The number of nitrogens with two attached hydrogens (primary N) is 1. The number of carbonyl (C=O) groups excluding carboxylic acids is 2. The average Bonchev–Trinajstić information content (AvgIpc) is 3.41. The smallest absolute Gasteiger partial charge is 0.253 e. The highest BCUT2D eigenvalue weighted by Crippen LogP contribution is 2.32. The molecule has 2 amide bonds. The van der Waals surface area contributed by atoms with E-state index in [0.717, 1.165) is 12.0 Å². The molecule has 0 aromatic heterocycles. The lowest BCUT2D eigenvalue weighted by molar-refractivity contribution is -0.126. The number of para-hydroxylation sites is 1. The summed E-state index contributed by atoms with van der Waals surface area (Å²) in [5.41, 5.74) is 7.31. The number of nitrogens with one attached hydrogen (secondary N) is 2. The first kappa shape index (κ1) is 21.9. The molecule has 4 N–H and O–H groups in total. The van der Waals surface area contributed by atoms with Crippen LogP contribution in [-0.4, -0.2) is 37.4 Å².